The van der Waals surface area contributed by atoms with Gasteiger partial charge in [0.05, 0.1) is 17.2 Å². The van der Waals surface area contributed by atoms with Crippen molar-refractivity contribution >= 4 is 11.8 Å². The second kappa shape index (κ2) is 4.03. The fourth-order valence-electron chi connectivity index (χ4n) is 1.47. The van der Waals surface area contributed by atoms with E-state index in [0.717, 1.165) is 0 Å². The number of hydrogen-bond acceptors (Lipinski definition) is 4. The Morgan fingerprint density at radius 1 is 1.25 bits per heavy atom. The second-order valence-electron chi connectivity index (χ2n) is 3.60. The van der Waals surface area contributed by atoms with E-state index in [9.17, 15) is 9.59 Å². The monoisotopic (exact) mass is 221 g/mol. The van der Waals surface area contributed by atoms with Gasteiger partial charge in [-0.05, 0) is 19.1 Å². The number of amides is 2. The largest absolute Gasteiger partial charge is 0.391 e. The summed E-state index contributed by atoms with van der Waals surface area (Å²) in [5.41, 5.74) is 0.663. The van der Waals surface area contributed by atoms with E-state index in [1.165, 1.54) is 6.92 Å². The SMILES string of the molecule is C[C@@H](O)CON1C(=O)c2ccccc2C1=O. The van der Waals surface area contributed by atoms with E-state index in [1.807, 2.05) is 0 Å². The van der Waals surface area contributed by atoms with Gasteiger partial charge in [-0.2, -0.15) is 0 Å². The van der Waals surface area contributed by atoms with E-state index in [2.05, 4.69) is 0 Å². The molecule has 0 saturated heterocycles. The highest BCUT2D eigenvalue weighted by atomic mass is 16.7. The van der Waals surface area contributed by atoms with Gasteiger partial charge >= 0.3 is 0 Å². The number of carbonyl (C=O) groups excluding carboxylic acids is 2. The number of hydrogen-bond donors (Lipinski definition) is 1. The molecule has 16 heavy (non-hydrogen) atoms. The van der Waals surface area contributed by atoms with Crippen LogP contribution in [0.3, 0.4) is 0 Å². The summed E-state index contributed by atoms with van der Waals surface area (Å²) in [5.74, 6) is -0.970. The molecule has 0 spiro atoms. The van der Waals surface area contributed by atoms with Gasteiger partial charge in [0.25, 0.3) is 11.8 Å². The van der Waals surface area contributed by atoms with Crippen LogP contribution in [0.2, 0.25) is 0 Å². The summed E-state index contributed by atoms with van der Waals surface area (Å²) in [6.07, 6.45) is -0.732. The fraction of sp³-hybridized carbons (Fsp3) is 0.273. The van der Waals surface area contributed by atoms with Gasteiger partial charge in [-0.1, -0.05) is 12.1 Å². The van der Waals surface area contributed by atoms with E-state index >= 15 is 0 Å². The maximum absolute atomic E-state index is 11.7. The average molecular weight is 221 g/mol. The molecule has 1 heterocycles. The highest BCUT2D eigenvalue weighted by Crippen LogP contribution is 2.22. The van der Waals surface area contributed by atoms with Crippen LogP contribution < -0.4 is 0 Å². The number of hydroxylamine groups is 2. The van der Waals surface area contributed by atoms with Gasteiger partial charge in [0.2, 0.25) is 0 Å². The predicted molar refractivity (Wildman–Crippen MR) is 54.6 cm³/mol. The molecule has 2 amide bonds. The zero-order chi connectivity index (χ0) is 11.7. The maximum Gasteiger partial charge on any atom is 0.285 e. The molecule has 1 aliphatic rings. The van der Waals surface area contributed by atoms with Gasteiger partial charge in [0, 0.05) is 0 Å². The number of fused-ring (bicyclic) bond motifs is 1. The van der Waals surface area contributed by atoms with Crippen molar-refractivity contribution in [1.82, 2.24) is 5.06 Å². The molecule has 0 bridgehead atoms. The fourth-order valence-corrected chi connectivity index (χ4v) is 1.47. The van der Waals surface area contributed by atoms with Crippen LogP contribution in [0, 0.1) is 0 Å². The molecule has 0 radical (unpaired) electrons. The minimum Gasteiger partial charge on any atom is -0.391 e. The Bertz CT molecular complexity index is 406. The Morgan fingerprint density at radius 2 is 1.75 bits per heavy atom. The van der Waals surface area contributed by atoms with Crippen LogP contribution in [0.15, 0.2) is 24.3 Å². The smallest absolute Gasteiger partial charge is 0.285 e. The van der Waals surface area contributed by atoms with E-state index < -0.39 is 17.9 Å². The van der Waals surface area contributed by atoms with Crippen LogP contribution in [0.5, 0.6) is 0 Å². The van der Waals surface area contributed by atoms with Gasteiger partial charge in [0.1, 0.15) is 6.61 Å². The van der Waals surface area contributed by atoms with Gasteiger partial charge in [-0.25, -0.2) is 0 Å². The topological polar surface area (TPSA) is 66.8 Å². The molecule has 0 aliphatic carbocycles. The summed E-state index contributed by atoms with van der Waals surface area (Å²) in [6.45, 7) is 1.42. The summed E-state index contributed by atoms with van der Waals surface area (Å²) in [4.78, 5) is 28.4. The third-order valence-corrected chi connectivity index (χ3v) is 2.20. The lowest BCUT2D eigenvalue weighted by Crippen LogP contribution is -2.32. The van der Waals surface area contributed by atoms with Crippen molar-refractivity contribution < 1.29 is 19.5 Å². The van der Waals surface area contributed by atoms with Crippen molar-refractivity contribution in [3.05, 3.63) is 35.4 Å². The molecule has 0 saturated carbocycles. The molecule has 5 nitrogen and oxygen atoms in total. The zero-order valence-corrected chi connectivity index (χ0v) is 8.71. The predicted octanol–water partition coefficient (Wildman–Crippen LogP) is 0.595. The Kier molecular flexibility index (Phi) is 2.72. The summed E-state index contributed by atoms with van der Waals surface area (Å²) in [6, 6.07) is 6.51. The van der Waals surface area contributed by atoms with Crippen molar-refractivity contribution in [2.45, 2.75) is 13.0 Å². The highest BCUT2D eigenvalue weighted by Gasteiger charge is 2.36. The number of aliphatic hydroxyl groups excluding tert-OH is 1. The lowest BCUT2D eigenvalue weighted by Gasteiger charge is -2.14. The molecule has 5 heteroatoms. The van der Waals surface area contributed by atoms with E-state index in [1.54, 1.807) is 24.3 Å². The number of benzene rings is 1. The second-order valence-corrected chi connectivity index (χ2v) is 3.60. The maximum atomic E-state index is 11.7. The van der Waals surface area contributed by atoms with Crippen LogP contribution in [0.4, 0.5) is 0 Å². The first-order valence-corrected chi connectivity index (χ1v) is 4.90. The lowest BCUT2D eigenvalue weighted by molar-refractivity contribution is -0.113. The van der Waals surface area contributed by atoms with Gasteiger partial charge in [0.15, 0.2) is 0 Å². The molecule has 1 aromatic rings. The Balaban J connectivity index is 2.22. The molecular formula is C11H11NO4. The molecule has 84 valence electrons. The summed E-state index contributed by atoms with van der Waals surface area (Å²) in [5, 5.41) is 9.72. The Labute approximate surface area is 92.2 Å². The number of rotatable bonds is 3. The molecule has 0 fully saturated rings. The van der Waals surface area contributed by atoms with E-state index in [-0.39, 0.29) is 6.61 Å². The van der Waals surface area contributed by atoms with Crippen molar-refractivity contribution in [1.29, 1.82) is 0 Å². The van der Waals surface area contributed by atoms with Crippen LogP contribution in [-0.2, 0) is 4.84 Å². The molecule has 0 unspecified atom stereocenters. The van der Waals surface area contributed by atoms with Crippen LogP contribution in [0.1, 0.15) is 27.6 Å². The first kappa shape index (κ1) is 10.8. The number of imide groups is 1. The van der Waals surface area contributed by atoms with Crippen molar-refractivity contribution in [2.24, 2.45) is 0 Å². The van der Waals surface area contributed by atoms with Gasteiger partial charge in [-0.3, -0.25) is 14.4 Å². The Hall–Kier alpha value is -1.72. The number of carbonyl (C=O) groups is 2. The van der Waals surface area contributed by atoms with Gasteiger partial charge in [-0.15, -0.1) is 5.06 Å². The molecule has 1 aliphatic heterocycles. The number of aliphatic hydroxyl groups is 1. The van der Waals surface area contributed by atoms with Crippen LogP contribution in [-0.4, -0.2) is 34.7 Å². The first-order valence-electron chi connectivity index (χ1n) is 4.90. The summed E-state index contributed by atoms with van der Waals surface area (Å²) < 4.78 is 0. The first-order chi connectivity index (χ1) is 7.61. The minimum atomic E-state index is -0.732. The third-order valence-electron chi connectivity index (χ3n) is 2.20. The number of nitrogens with zero attached hydrogens (tertiary/aromatic N) is 1. The summed E-state index contributed by atoms with van der Waals surface area (Å²) >= 11 is 0. The highest BCUT2D eigenvalue weighted by molar-refractivity contribution is 6.20. The molecule has 0 aromatic heterocycles. The Morgan fingerprint density at radius 3 is 2.19 bits per heavy atom. The molecule has 2 rings (SSSR count). The molecule has 1 N–H and O–H groups in total. The zero-order valence-electron chi connectivity index (χ0n) is 8.71. The van der Waals surface area contributed by atoms with Crippen LogP contribution in [0.25, 0.3) is 0 Å². The minimum absolute atomic E-state index is 0.0918. The van der Waals surface area contributed by atoms with Crippen molar-refractivity contribution in [3.63, 3.8) is 0 Å². The molecule has 1 aromatic carbocycles. The van der Waals surface area contributed by atoms with Crippen molar-refractivity contribution in [3.8, 4) is 0 Å². The van der Waals surface area contributed by atoms with E-state index in [4.69, 9.17) is 9.94 Å². The normalized spacial score (nSPS) is 16.5. The third kappa shape index (κ3) is 1.70. The standard InChI is InChI=1S/C11H11NO4/c1-7(13)6-16-12-10(14)8-4-2-3-5-9(8)11(12)15/h2-5,7,13H,6H2,1H3/t7-/m1/s1. The quantitative estimate of drug-likeness (QED) is 0.759. The molecular weight excluding hydrogens is 210 g/mol. The van der Waals surface area contributed by atoms with Crippen molar-refractivity contribution in [2.75, 3.05) is 6.61 Å². The van der Waals surface area contributed by atoms with E-state index in [0.29, 0.717) is 16.2 Å². The summed E-state index contributed by atoms with van der Waals surface area (Å²) in [7, 11) is 0. The van der Waals surface area contributed by atoms with Crippen LogP contribution >= 0.6 is 0 Å². The average Bonchev–Trinajstić information content (AvgIpc) is 2.50. The van der Waals surface area contributed by atoms with Gasteiger partial charge < -0.3 is 5.11 Å². The lowest BCUT2D eigenvalue weighted by atomic mass is 10.1. The molecule has 1 atom stereocenters.